The van der Waals surface area contributed by atoms with Gasteiger partial charge in [0.2, 0.25) is 0 Å². The molecular formula is C21H24N6. The molecule has 6 heteroatoms. The number of fused-ring (bicyclic) bond motifs is 1. The number of rotatable bonds is 4. The monoisotopic (exact) mass is 360 g/mol. The second kappa shape index (κ2) is 7.23. The quantitative estimate of drug-likeness (QED) is 0.666. The largest absolute Gasteiger partial charge is 0.348 e. The fraction of sp³-hybridized carbons (Fsp3) is 0.333. The van der Waals surface area contributed by atoms with Crippen LogP contribution < -0.4 is 10.9 Å². The molecular weight excluding hydrogens is 336 g/mol. The number of nitrogens with one attached hydrogen (secondary N) is 3. The van der Waals surface area contributed by atoms with Crippen LogP contribution in [0.1, 0.15) is 34.6 Å². The van der Waals surface area contributed by atoms with E-state index in [-0.39, 0.29) is 6.04 Å². The van der Waals surface area contributed by atoms with Gasteiger partial charge in [-0.1, -0.05) is 30.3 Å². The standard InChI is InChI=1S/C21H24N6/c1-2-4-15(5-3-1)19-17(12-25-26-19)13-27-11-8-18-20(24-14-23-18)21(27)16-6-9-22-10-7-16/h1-7,9-10,14,17,19,21,25-26H,8,11-13H2,(H,23,24). The van der Waals surface area contributed by atoms with E-state index in [0.29, 0.717) is 12.0 Å². The van der Waals surface area contributed by atoms with Crippen molar-refractivity contribution in [3.63, 3.8) is 0 Å². The minimum absolute atomic E-state index is 0.181. The van der Waals surface area contributed by atoms with Crippen LogP contribution in [0.15, 0.2) is 61.2 Å². The van der Waals surface area contributed by atoms with Crippen molar-refractivity contribution in [2.45, 2.75) is 18.5 Å². The van der Waals surface area contributed by atoms with Crippen molar-refractivity contribution in [2.75, 3.05) is 19.6 Å². The Hall–Kier alpha value is -2.54. The first kappa shape index (κ1) is 16.6. The van der Waals surface area contributed by atoms with Gasteiger partial charge in [-0.15, -0.1) is 0 Å². The number of H-pyrrole nitrogens is 1. The molecule has 1 aromatic carbocycles. The van der Waals surface area contributed by atoms with E-state index in [4.69, 9.17) is 0 Å². The molecule has 3 atom stereocenters. The molecule has 1 saturated heterocycles. The molecule has 6 nitrogen and oxygen atoms in total. The zero-order chi connectivity index (χ0) is 18.1. The van der Waals surface area contributed by atoms with Gasteiger partial charge in [0, 0.05) is 50.1 Å². The van der Waals surface area contributed by atoms with Crippen LogP contribution in [0.4, 0.5) is 0 Å². The van der Waals surface area contributed by atoms with Crippen LogP contribution in [0.3, 0.4) is 0 Å². The van der Waals surface area contributed by atoms with Crippen molar-refractivity contribution in [3.05, 3.63) is 83.7 Å². The third-order valence-electron chi connectivity index (χ3n) is 5.77. The first-order valence-electron chi connectivity index (χ1n) is 9.59. The highest BCUT2D eigenvalue weighted by Gasteiger charge is 2.36. The van der Waals surface area contributed by atoms with E-state index in [1.807, 2.05) is 18.7 Å². The Morgan fingerprint density at radius 1 is 1.04 bits per heavy atom. The second-order valence-corrected chi connectivity index (χ2v) is 7.37. The van der Waals surface area contributed by atoms with Gasteiger partial charge in [0.15, 0.2) is 0 Å². The molecule has 0 saturated carbocycles. The highest BCUT2D eigenvalue weighted by atomic mass is 15.4. The lowest BCUT2D eigenvalue weighted by atomic mass is 9.91. The van der Waals surface area contributed by atoms with E-state index in [2.05, 4.69) is 73.2 Å². The van der Waals surface area contributed by atoms with E-state index in [1.165, 1.54) is 16.8 Å². The minimum atomic E-state index is 0.181. The minimum Gasteiger partial charge on any atom is -0.348 e. The Balaban J connectivity index is 1.43. The fourth-order valence-corrected chi connectivity index (χ4v) is 4.46. The molecule has 3 aromatic rings. The first-order valence-corrected chi connectivity index (χ1v) is 9.59. The van der Waals surface area contributed by atoms with Gasteiger partial charge in [0.25, 0.3) is 0 Å². The molecule has 0 radical (unpaired) electrons. The smallest absolute Gasteiger partial charge is 0.0926 e. The number of benzene rings is 1. The van der Waals surface area contributed by atoms with E-state index >= 15 is 0 Å². The van der Waals surface area contributed by atoms with Crippen LogP contribution in [-0.2, 0) is 6.42 Å². The molecule has 3 N–H and O–H groups in total. The van der Waals surface area contributed by atoms with Crippen LogP contribution in [-0.4, -0.2) is 39.5 Å². The number of nitrogens with zero attached hydrogens (tertiary/aromatic N) is 3. The zero-order valence-corrected chi connectivity index (χ0v) is 15.2. The predicted molar refractivity (Wildman–Crippen MR) is 104 cm³/mol. The normalized spacial score (nSPS) is 25.4. The summed E-state index contributed by atoms with van der Waals surface area (Å²) >= 11 is 0. The summed E-state index contributed by atoms with van der Waals surface area (Å²) in [5, 5.41) is 0. The molecule has 2 aliphatic rings. The number of hydrogen-bond donors (Lipinski definition) is 3. The lowest BCUT2D eigenvalue weighted by molar-refractivity contribution is 0.173. The Morgan fingerprint density at radius 2 is 1.89 bits per heavy atom. The van der Waals surface area contributed by atoms with Gasteiger partial charge in [-0.3, -0.25) is 15.3 Å². The summed E-state index contributed by atoms with van der Waals surface area (Å²) in [6, 6.07) is 15.4. The molecule has 0 bridgehead atoms. The Morgan fingerprint density at radius 3 is 2.74 bits per heavy atom. The van der Waals surface area contributed by atoms with Crippen LogP contribution in [0.25, 0.3) is 0 Å². The van der Waals surface area contributed by atoms with E-state index < -0.39 is 0 Å². The van der Waals surface area contributed by atoms with Crippen molar-refractivity contribution < 1.29 is 0 Å². The van der Waals surface area contributed by atoms with E-state index in [0.717, 1.165) is 31.7 Å². The van der Waals surface area contributed by atoms with Gasteiger partial charge < -0.3 is 4.98 Å². The lowest BCUT2D eigenvalue weighted by Gasteiger charge is -2.37. The summed E-state index contributed by atoms with van der Waals surface area (Å²) < 4.78 is 0. The zero-order valence-electron chi connectivity index (χ0n) is 15.2. The van der Waals surface area contributed by atoms with Gasteiger partial charge >= 0.3 is 0 Å². The summed E-state index contributed by atoms with van der Waals surface area (Å²) in [7, 11) is 0. The van der Waals surface area contributed by atoms with Crippen molar-refractivity contribution >= 4 is 0 Å². The maximum absolute atomic E-state index is 4.67. The van der Waals surface area contributed by atoms with E-state index in [9.17, 15) is 0 Å². The van der Waals surface area contributed by atoms with Crippen LogP contribution in [0.5, 0.6) is 0 Å². The summed E-state index contributed by atoms with van der Waals surface area (Å²) in [5.74, 6) is 0.497. The Kier molecular flexibility index (Phi) is 4.45. The molecule has 2 aliphatic heterocycles. The Labute approximate surface area is 159 Å². The summed E-state index contributed by atoms with van der Waals surface area (Å²) in [6.07, 6.45) is 6.59. The molecule has 138 valence electrons. The molecule has 2 aromatic heterocycles. The second-order valence-electron chi connectivity index (χ2n) is 7.37. The molecule has 27 heavy (non-hydrogen) atoms. The maximum Gasteiger partial charge on any atom is 0.0926 e. The van der Waals surface area contributed by atoms with Crippen molar-refractivity contribution in [3.8, 4) is 0 Å². The molecule has 3 unspecified atom stereocenters. The van der Waals surface area contributed by atoms with Gasteiger partial charge in [-0.25, -0.2) is 10.4 Å². The van der Waals surface area contributed by atoms with Gasteiger partial charge in [-0.2, -0.15) is 0 Å². The average Bonchev–Trinajstić information content (AvgIpc) is 3.38. The molecule has 1 fully saturated rings. The number of hydrogen-bond acceptors (Lipinski definition) is 5. The number of imidazole rings is 1. The lowest BCUT2D eigenvalue weighted by Crippen LogP contribution is -2.41. The van der Waals surface area contributed by atoms with Crippen LogP contribution in [0, 0.1) is 5.92 Å². The van der Waals surface area contributed by atoms with Gasteiger partial charge in [-0.05, 0) is 23.3 Å². The Bertz CT molecular complexity index is 878. The summed E-state index contributed by atoms with van der Waals surface area (Å²) in [4.78, 5) is 14.8. The molecule has 0 amide bonds. The average molecular weight is 360 g/mol. The summed E-state index contributed by atoms with van der Waals surface area (Å²) in [6.45, 7) is 3.01. The van der Waals surface area contributed by atoms with Gasteiger partial charge in [0.1, 0.15) is 0 Å². The SMILES string of the molecule is c1ccc(C2NNCC2CN2CCc3[nH]cnc3C2c2ccncc2)cc1. The first-order chi connectivity index (χ1) is 13.4. The maximum atomic E-state index is 4.67. The molecule has 4 heterocycles. The third kappa shape index (κ3) is 3.16. The predicted octanol–water partition coefficient (Wildman–Crippen LogP) is 2.22. The highest BCUT2D eigenvalue weighted by molar-refractivity contribution is 5.31. The van der Waals surface area contributed by atoms with Crippen LogP contribution >= 0.6 is 0 Å². The van der Waals surface area contributed by atoms with Gasteiger partial charge in [0.05, 0.1) is 24.1 Å². The summed E-state index contributed by atoms with van der Waals surface area (Å²) in [5.41, 5.74) is 11.9. The molecule has 0 aliphatic carbocycles. The van der Waals surface area contributed by atoms with E-state index in [1.54, 1.807) is 0 Å². The van der Waals surface area contributed by atoms with Crippen LogP contribution in [0.2, 0.25) is 0 Å². The third-order valence-corrected chi connectivity index (χ3v) is 5.77. The molecule has 5 rings (SSSR count). The number of aromatic nitrogens is 3. The highest BCUT2D eigenvalue weighted by Crippen LogP contribution is 2.35. The fourth-order valence-electron chi connectivity index (χ4n) is 4.46. The number of pyridine rings is 1. The van der Waals surface area contributed by atoms with Crippen molar-refractivity contribution in [2.24, 2.45) is 5.92 Å². The van der Waals surface area contributed by atoms with Crippen molar-refractivity contribution in [1.82, 2.24) is 30.7 Å². The number of hydrazine groups is 1. The van der Waals surface area contributed by atoms with Crippen molar-refractivity contribution in [1.29, 1.82) is 0 Å². The topological polar surface area (TPSA) is 68.9 Å². The number of aromatic amines is 1. The molecule has 0 spiro atoms.